The molecular weight excluding hydrogens is 173 g/mol. The van der Waals surface area contributed by atoms with E-state index in [2.05, 4.69) is 12.6 Å². The van der Waals surface area contributed by atoms with Gasteiger partial charge in [0.2, 0.25) is 0 Å². The molecule has 0 rings (SSSR count). The number of hydrogen-bond acceptors (Lipinski definition) is 2. The first-order chi connectivity index (χ1) is 1.91. The van der Waals surface area contributed by atoms with Gasteiger partial charge >= 0.3 is 43.1 Å². The van der Waals surface area contributed by atoms with E-state index in [1.54, 1.807) is 0 Å². The van der Waals surface area contributed by atoms with E-state index in [9.17, 15) is 0 Å². The summed E-state index contributed by atoms with van der Waals surface area (Å²) in [6, 6.07) is 0. The molecule has 0 amide bonds. The molecule has 3 heteroatoms. The van der Waals surface area contributed by atoms with Crippen molar-refractivity contribution >= 4 is 35.8 Å². The molecule has 1 nitrogen and oxygen atoms in total. The van der Waals surface area contributed by atoms with Crippen molar-refractivity contribution in [1.82, 2.24) is 0 Å². The van der Waals surface area contributed by atoms with Crippen LogP contribution in [0, 0.1) is 0 Å². The Kier molecular flexibility index (Phi) is 5.41. The van der Waals surface area contributed by atoms with Crippen molar-refractivity contribution in [2.75, 3.05) is 3.51 Å². The molecule has 0 bridgehead atoms. The van der Waals surface area contributed by atoms with Crippen LogP contribution in [0.15, 0.2) is 0 Å². The van der Waals surface area contributed by atoms with Gasteiger partial charge in [0, 0.05) is 0 Å². The number of nitrogens with two attached hydrogens (primary N) is 1. The topological polar surface area (TPSA) is 26.0 Å². The Bertz CT molecular complexity index is 10.0. The summed E-state index contributed by atoms with van der Waals surface area (Å²) in [7, 11) is 0. The minimum atomic E-state index is -0.670. The van der Waals surface area contributed by atoms with Crippen molar-refractivity contribution in [1.29, 1.82) is 0 Å². The molecule has 0 radical (unpaired) electrons. The van der Waals surface area contributed by atoms with Crippen LogP contribution in [0.5, 0.6) is 0 Å². The number of thiol groups is 1. The number of hydrogen-bond donors (Lipinski definition) is 2. The Morgan fingerprint density at radius 1 is 2.00 bits per heavy atom. The quantitative estimate of drug-likeness (QED) is 0.505. The van der Waals surface area contributed by atoms with E-state index in [0.717, 1.165) is 3.51 Å². The van der Waals surface area contributed by atoms with Crippen molar-refractivity contribution in [3.8, 4) is 0 Å². The summed E-state index contributed by atoms with van der Waals surface area (Å²) in [5, 5.41) is 0. The second kappa shape index (κ2) is 4.18. The van der Waals surface area contributed by atoms with Crippen molar-refractivity contribution in [2.45, 2.75) is 0 Å². The molecule has 0 heterocycles. The van der Waals surface area contributed by atoms with Gasteiger partial charge in [-0.3, -0.25) is 0 Å². The predicted molar refractivity (Wildman–Crippen MR) is 25.2 cm³/mol. The first-order valence-electron chi connectivity index (χ1n) is 1.22. The monoisotopic (exact) mass is 179 g/mol. The van der Waals surface area contributed by atoms with Gasteiger partial charge in [-0.05, 0) is 0 Å². The summed E-state index contributed by atoms with van der Waals surface area (Å²) < 4.78 is 6.16. The summed E-state index contributed by atoms with van der Waals surface area (Å²) in [4.78, 5) is 0. The molecule has 4 heavy (non-hydrogen) atoms. The fourth-order valence-corrected chi connectivity index (χ4v) is 0. The maximum absolute atomic E-state index is 5.16. The van der Waals surface area contributed by atoms with Gasteiger partial charge in [0.15, 0.2) is 0 Å². The molecule has 0 atom stereocenters. The molecule has 2 N–H and O–H groups in total. The zero-order valence-electron chi connectivity index (χ0n) is 2.44. The summed E-state index contributed by atoms with van der Waals surface area (Å²) in [6.07, 6.45) is 0. The first kappa shape index (κ1) is 5.18. The molecule has 0 aliphatic rings. The molecule has 0 aliphatic carbocycles. The van der Waals surface area contributed by atoms with Gasteiger partial charge in [-0.25, -0.2) is 0 Å². The summed E-state index contributed by atoms with van der Waals surface area (Å²) in [5.41, 5.74) is 0. The Hall–Kier alpha value is 1.18. The predicted octanol–water partition coefficient (Wildman–Crippen LogP) is -0.816. The van der Waals surface area contributed by atoms with Gasteiger partial charge in [0.25, 0.3) is 0 Å². The van der Waals surface area contributed by atoms with Crippen LogP contribution >= 0.6 is 12.6 Å². The Morgan fingerprint density at radius 2 is 2.25 bits per heavy atom. The Labute approximate surface area is 43.1 Å². The van der Waals surface area contributed by atoms with Crippen molar-refractivity contribution in [3.63, 3.8) is 0 Å². The minimum absolute atomic E-state index is 0.670. The van der Waals surface area contributed by atoms with E-state index in [1.807, 2.05) is 0 Å². The summed E-state index contributed by atoms with van der Waals surface area (Å²) in [5.74, 6) is 0. The normalized spacial score (nSPS) is 6.50. The van der Waals surface area contributed by atoms with Crippen molar-refractivity contribution in [2.24, 2.45) is 3.72 Å². The SMILES string of the molecule is [NH2][InH][CH2]S. The zero-order valence-corrected chi connectivity index (χ0v) is 7.37. The van der Waals surface area contributed by atoms with Crippen LogP contribution in [0.4, 0.5) is 0 Å². The summed E-state index contributed by atoms with van der Waals surface area (Å²) >= 11 is 3.22. The van der Waals surface area contributed by atoms with Gasteiger partial charge in [-0.15, -0.1) is 0 Å². The second-order valence-electron chi connectivity index (χ2n) is 0.512. The molecule has 0 unspecified atom stereocenters. The summed E-state index contributed by atoms with van der Waals surface area (Å²) in [6.45, 7) is 0. The molecule has 0 aromatic rings. The molecule has 0 aromatic heterocycles. The van der Waals surface area contributed by atoms with E-state index >= 15 is 0 Å². The van der Waals surface area contributed by atoms with Crippen molar-refractivity contribution < 1.29 is 0 Å². The van der Waals surface area contributed by atoms with E-state index < -0.39 is 23.2 Å². The molecule has 0 saturated carbocycles. The van der Waals surface area contributed by atoms with E-state index in [4.69, 9.17) is 3.72 Å². The average molecular weight is 179 g/mol. The third kappa shape index (κ3) is 3.18. The van der Waals surface area contributed by atoms with Gasteiger partial charge in [0.1, 0.15) is 0 Å². The molecule has 0 aliphatic heterocycles. The van der Waals surface area contributed by atoms with Crippen LogP contribution in [0.3, 0.4) is 0 Å². The van der Waals surface area contributed by atoms with E-state index in [-0.39, 0.29) is 0 Å². The van der Waals surface area contributed by atoms with Crippen LogP contribution in [-0.4, -0.2) is 26.7 Å². The zero-order chi connectivity index (χ0) is 3.41. The van der Waals surface area contributed by atoms with Gasteiger partial charge in [-0.2, -0.15) is 0 Å². The molecule has 0 aromatic carbocycles. The van der Waals surface area contributed by atoms with Crippen LogP contribution in [0.2, 0.25) is 0 Å². The Morgan fingerprint density at radius 3 is 2.25 bits per heavy atom. The molecule has 0 spiro atoms. The van der Waals surface area contributed by atoms with E-state index in [1.165, 1.54) is 0 Å². The van der Waals surface area contributed by atoms with E-state index in [0.29, 0.717) is 0 Å². The Balaban J connectivity index is 1.97. The molecule has 0 saturated heterocycles. The van der Waals surface area contributed by atoms with Crippen molar-refractivity contribution in [3.05, 3.63) is 0 Å². The fourth-order valence-electron chi connectivity index (χ4n) is 0. The molecule has 24 valence electrons. The second-order valence-corrected chi connectivity index (χ2v) is 6.44. The average Bonchev–Trinajstić information content (AvgIpc) is 1.37. The fraction of sp³-hybridized carbons (Fsp3) is 1.00. The van der Waals surface area contributed by atoms with Crippen LogP contribution < -0.4 is 3.72 Å². The van der Waals surface area contributed by atoms with Crippen LogP contribution in [-0.2, 0) is 0 Å². The standard InChI is InChI=1S/CH3S.In.H2N.H/c1-2;;;/h2H,1H2;;1H2;/q;+1;-1;. The third-order valence-corrected chi connectivity index (χ3v) is 2.60. The van der Waals surface area contributed by atoms with Crippen LogP contribution in [0.1, 0.15) is 0 Å². The third-order valence-electron chi connectivity index (χ3n) is 0.129. The molecule has 0 fully saturated rings. The maximum atomic E-state index is 5.16. The number of rotatable bonds is 1. The van der Waals surface area contributed by atoms with Gasteiger partial charge in [0.05, 0.1) is 0 Å². The van der Waals surface area contributed by atoms with Crippen LogP contribution in [0.25, 0.3) is 0 Å². The first-order valence-corrected chi connectivity index (χ1v) is 7.04. The molecular formula is CH6InNS. The van der Waals surface area contributed by atoms with Gasteiger partial charge in [-0.1, -0.05) is 0 Å². The van der Waals surface area contributed by atoms with Gasteiger partial charge < -0.3 is 0 Å².